The Morgan fingerprint density at radius 3 is 2.68 bits per heavy atom. The quantitative estimate of drug-likeness (QED) is 0.895. The maximum Gasteiger partial charge on any atom is 0.144 e. The van der Waals surface area contributed by atoms with Gasteiger partial charge in [0.25, 0.3) is 0 Å². The molecule has 0 aliphatic heterocycles. The maximum atomic E-state index is 13.1. The van der Waals surface area contributed by atoms with Crippen LogP contribution in [0.2, 0.25) is 5.02 Å². The zero-order chi connectivity index (χ0) is 13.8. The molecule has 19 heavy (non-hydrogen) atoms. The van der Waals surface area contributed by atoms with Crippen LogP contribution in [-0.2, 0) is 6.54 Å². The number of benzene rings is 2. The highest BCUT2D eigenvalue weighted by molar-refractivity contribution is 6.31. The van der Waals surface area contributed by atoms with Gasteiger partial charge in [0.2, 0.25) is 0 Å². The minimum atomic E-state index is -0.319. The Labute approximate surface area is 117 Å². The molecule has 0 heterocycles. The van der Waals surface area contributed by atoms with Crippen molar-refractivity contribution in [1.82, 2.24) is 0 Å². The zero-order valence-electron chi connectivity index (χ0n) is 10.8. The molecule has 0 aliphatic rings. The van der Waals surface area contributed by atoms with Gasteiger partial charge in [-0.3, -0.25) is 0 Å². The van der Waals surface area contributed by atoms with E-state index in [2.05, 4.69) is 5.32 Å². The topological polar surface area (TPSA) is 21.3 Å². The highest BCUT2D eigenvalue weighted by Crippen LogP contribution is 2.26. The molecule has 0 radical (unpaired) electrons. The summed E-state index contributed by atoms with van der Waals surface area (Å²) in [5, 5.41) is 3.95. The molecule has 0 spiro atoms. The van der Waals surface area contributed by atoms with Crippen LogP contribution in [0.15, 0.2) is 36.4 Å². The van der Waals surface area contributed by atoms with Crippen LogP contribution in [0.5, 0.6) is 5.75 Å². The number of hydrogen-bond acceptors (Lipinski definition) is 2. The van der Waals surface area contributed by atoms with Gasteiger partial charge in [0.05, 0.1) is 12.8 Å². The molecule has 0 aliphatic carbocycles. The fourth-order valence-electron chi connectivity index (χ4n) is 1.75. The summed E-state index contributed by atoms with van der Waals surface area (Å²) >= 11 is 6.07. The van der Waals surface area contributed by atoms with E-state index in [-0.39, 0.29) is 5.82 Å². The molecule has 1 N–H and O–H groups in total. The van der Waals surface area contributed by atoms with E-state index in [1.165, 1.54) is 19.2 Å². The van der Waals surface area contributed by atoms with Crippen molar-refractivity contribution in [1.29, 1.82) is 0 Å². The maximum absolute atomic E-state index is 13.1. The first-order chi connectivity index (χ1) is 9.10. The summed E-state index contributed by atoms with van der Waals surface area (Å²) in [5.74, 6) is 0.166. The molecular weight excluding hydrogens is 265 g/mol. The van der Waals surface area contributed by atoms with Gasteiger partial charge < -0.3 is 10.1 Å². The zero-order valence-corrected chi connectivity index (χ0v) is 11.6. The third kappa shape index (κ3) is 3.38. The lowest BCUT2D eigenvalue weighted by molar-refractivity contribution is 0.413. The van der Waals surface area contributed by atoms with Gasteiger partial charge in [-0.25, -0.2) is 4.39 Å². The Balaban J connectivity index is 2.12. The molecule has 0 saturated carbocycles. The minimum Gasteiger partial charge on any atom is -0.494 e. The molecule has 4 heteroatoms. The first-order valence-electron chi connectivity index (χ1n) is 5.92. The molecule has 0 fully saturated rings. The number of methoxy groups -OCH3 is 1. The summed E-state index contributed by atoms with van der Waals surface area (Å²) in [6.45, 7) is 2.56. The second-order valence-corrected chi connectivity index (χ2v) is 4.69. The number of nitrogens with one attached hydrogen (secondary N) is 1. The van der Waals surface area contributed by atoms with Gasteiger partial charge in [0.15, 0.2) is 0 Å². The van der Waals surface area contributed by atoms with Gasteiger partial charge in [-0.2, -0.15) is 0 Å². The average molecular weight is 280 g/mol. The van der Waals surface area contributed by atoms with E-state index in [1.54, 1.807) is 6.07 Å². The van der Waals surface area contributed by atoms with Crippen LogP contribution in [0.25, 0.3) is 0 Å². The van der Waals surface area contributed by atoms with Gasteiger partial charge in [-0.05, 0) is 36.2 Å². The Morgan fingerprint density at radius 1 is 1.21 bits per heavy atom. The Kier molecular flexibility index (Phi) is 4.27. The van der Waals surface area contributed by atoms with Gasteiger partial charge in [-0.15, -0.1) is 0 Å². The molecule has 0 saturated heterocycles. The Bertz CT molecular complexity index is 586. The van der Waals surface area contributed by atoms with Crippen LogP contribution in [0.4, 0.5) is 10.1 Å². The number of rotatable bonds is 4. The van der Waals surface area contributed by atoms with E-state index in [4.69, 9.17) is 16.3 Å². The van der Waals surface area contributed by atoms with Crippen LogP contribution in [0.1, 0.15) is 11.1 Å². The van der Waals surface area contributed by atoms with Crippen LogP contribution in [0.3, 0.4) is 0 Å². The predicted molar refractivity (Wildman–Crippen MR) is 76.5 cm³/mol. The predicted octanol–water partition coefficient (Wildman–Crippen LogP) is 4.41. The fourth-order valence-corrected chi connectivity index (χ4v) is 1.96. The van der Waals surface area contributed by atoms with Gasteiger partial charge >= 0.3 is 0 Å². The summed E-state index contributed by atoms with van der Waals surface area (Å²) in [6.07, 6.45) is 0. The van der Waals surface area contributed by atoms with Crippen molar-refractivity contribution in [3.63, 3.8) is 0 Å². The van der Waals surface area contributed by atoms with Crippen LogP contribution in [-0.4, -0.2) is 7.11 Å². The normalized spacial score (nSPS) is 10.3. The number of halogens is 2. The number of aryl methyl sites for hydroxylation is 1. The van der Waals surface area contributed by atoms with Crippen molar-refractivity contribution in [2.24, 2.45) is 0 Å². The number of anilines is 1. The molecule has 0 aromatic heterocycles. The third-order valence-corrected chi connectivity index (χ3v) is 3.29. The van der Waals surface area contributed by atoms with Gasteiger partial charge in [0, 0.05) is 17.6 Å². The van der Waals surface area contributed by atoms with E-state index in [0.717, 1.165) is 21.8 Å². The smallest absolute Gasteiger partial charge is 0.144 e. The third-order valence-electron chi connectivity index (χ3n) is 2.88. The highest BCUT2D eigenvalue weighted by Gasteiger charge is 2.04. The average Bonchev–Trinajstić information content (AvgIpc) is 2.41. The van der Waals surface area contributed by atoms with E-state index >= 15 is 0 Å². The Morgan fingerprint density at radius 2 is 2.00 bits per heavy atom. The molecule has 2 aromatic carbocycles. The highest BCUT2D eigenvalue weighted by atomic mass is 35.5. The molecule has 100 valence electrons. The van der Waals surface area contributed by atoms with Crippen molar-refractivity contribution >= 4 is 17.3 Å². The molecule has 2 rings (SSSR count). The van der Waals surface area contributed by atoms with Crippen molar-refractivity contribution in [3.8, 4) is 5.75 Å². The second-order valence-electron chi connectivity index (χ2n) is 4.28. The summed E-state index contributed by atoms with van der Waals surface area (Å²) in [7, 11) is 1.52. The summed E-state index contributed by atoms with van der Waals surface area (Å²) in [6, 6.07) is 10.3. The molecular formula is C15H15ClFNO. The molecule has 0 amide bonds. The van der Waals surface area contributed by atoms with Crippen molar-refractivity contribution in [2.75, 3.05) is 12.4 Å². The lowest BCUT2D eigenvalue weighted by Crippen LogP contribution is -2.01. The molecule has 2 nitrogen and oxygen atoms in total. The SMILES string of the molecule is COc1cc(F)ccc1NCc1ccc(C)c(Cl)c1. The molecule has 0 bridgehead atoms. The van der Waals surface area contributed by atoms with Gasteiger partial charge in [0.1, 0.15) is 11.6 Å². The lowest BCUT2D eigenvalue weighted by atomic mass is 10.1. The lowest BCUT2D eigenvalue weighted by Gasteiger charge is -2.11. The van der Waals surface area contributed by atoms with Crippen molar-refractivity contribution in [2.45, 2.75) is 13.5 Å². The number of hydrogen-bond donors (Lipinski definition) is 1. The molecule has 0 unspecified atom stereocenters. The summed E-state index contributed by atoms with van der Waals surface area (Å²) < 4.78 is 18.2. The fraction of sp³-hybridized carbons (Fsp3) is 0.200. The Hall–Kier alpha value is -1.74. The van der Waals surface area contributed by atoms with Gasteiger partial charge in [-0.1, -0.05) is 23.7 Å². The standard InChI is InChI=1S/C15H15ClFNO/c1-10-3-4-11(7-13(10)16)9-18-14-6-5-12(17)8-15(14)19-2/h3-8,18H,9H2,1-2H3. The van der Waals surface area contributed by atoms with E-state index < -0.39 is 0 Å². The molecule has 2 aromatic rings. The van der Waals surface area contributed by atoms with Crippen LogP contribution in [0, 0.1) is 12.7 Å². The van der Waals surface area contributed by atoms with Crippen molar-refractivity contribution < 1.29 is 9.13 Å². The van der Waals surface area contributed by atoms with E-state index in [9.17, 15) is 4.39 Å². The molecule has 0 atom stereocenters. The summed E-state index contributed by atoms with van der Waals surface area (Å²) in [5.41, 5.74) is 2.85. The van der Waals surface area contributed by atoms with Crippen LogP contribution < -0.4 is 10.1 Å². The minimum absolute atomic E-state index is 0.319. The van der Waals surface area contributed by atoms with E-state index in [1.807, 2.05) is 25.1 Å². The first kappa shape index (κ1) is 13.7. The van der Waals surface area contributed by atoms with Crippen molar-refractivity contribution in [3.05, 3.63) is 58.4 Å². The summed E-state index contributed by atoms with van der Waals surface area (Å²) in [4.78, 5) is 0. The number of ether oxygens (including phenoxy) is 1. The van der Waals surface area contributed by atoms with Crippen LogP contribution >= 0.6 is 11.6 Å². The monoisotopic (exact) mass is 279 g/mol. The van der Waals surface area contributed by atoms with E-state index in [0.29, 0.717) is 12.3 Å². The first-order valence-corrected chi connectivity index (χ1v) is 6.30. The second kappa shape index (κ2) is 5.93. The largest absolute Gasteiger partial charge is 0.494 e.